The zero-order valence-electron chi connectivity index (χ0n) is 8.78. The molecular weight excluding hydrogens is 228 g/mol. The minimum Gasteiger partial charge on any atom is -0.379 e. The highest BCUT2D eigenvalue weighted by Crippen LogP contribution is 2.33. The minimum absolute atomic E-state index is 0.0447. The highest BCUT2D eigenvalue weighted by atomic mass is 35.5. The molecule has 1 aliphatic rings. The molecule has 86 valence electrons. The highest BCUT2D eigenvalue weighted by Gasteiger charge is 2.21. The van der Waals surface area contributed by atoms with Crippen molar-refractivity contribution in [3.05, 3.63) is 33.3 Å². The van der Waals surface area contributed by atoms with E-state index in [9.17, 15) is 10.1 Å². The third-order valence-corrected chi connectivity index (χ3v) is 2.96. The largest absolute Gasteiger partial charge is 0.379 e. The van der Waals surface area contributed by atoms with E-state index in [1.807, 2.05) is 0 Å². The van der Waals surface area contributed by atoms with Crippen LogP contribution in [0.3, 0.4) is 0 Å². The molecule has 0 radical (unpaired) electrons. The molecule has 0 amide bonds. The summed E-state index contributed by atoms with van der Waals surface area (Å²) >= 11 is 5.72. The molecule has 1 N–H and O–H groups in total. The topological polar surface area (TPSA) is 55.2 Å². The van der Waals surface area contributed by atoms with Gasteiger partial charge >= 0.3 is 0 Å². The van der Waals surface area contributed by atoms with E-state index in [1.54, 1.807) is 12.1 Å². The molecular formula is C11H13ClN2O2. The summed E-state index contributed by atoms with van der Waals surface area (Å²) in [5.74, 6) is 0.818. The van der Waals surface area contributed by atoms with Gasteiger partial charge in [0.1, 0.15) is 5.69 Å². The zero-order chi connectivity index (χ0) is 11.5. The maximum absolute atomic E-state index is 10.8. The predicted molar refractivity (Wildman–Crippen MR) is 63.9 cm³/mol. The summed E-state index contributed by atoms with van der Waals surface area (Å²) in [7, 11) is 0. The van der Waals surface area contributed by atoms with E-state index < -0.39 is 4.92 Å². The zero-order valence-corrected chi connectivity index (χ0v) is 9.54. The van der Waals surface area contributed by atoms with E-state index in [-0.39, 0.29) is 5.69 Å². The average molecular weight is 241 g/mol. The third kappa shape index (κ3) is 2.85. The molecule has 2 rings (SSSR count). The molecule has 0 aromatic heterocycles. The van der Waals surface area contributed by atoms with Gasteiger partial charge in [0.05, 0.1) is 4.92 Å². The van der Waals surface area contributed by atoms with Gasteiger partial charge in [0, 0.05) is 17.6 Å². The molecule has 0 spiro atoms. The van der Waals surface area contributed by atoms with Gasteiger partial charge in [-0.1, -0.05) is 24.4 Å². The quantitative estimate of drug-likeness (QED) is 0.633. The number of anilines is 1. The molecule has 5 heteroatoms. The molecule has 1 aromatic carbocycles. The standard InChI is InChI=1S/C11H13ClN2O2/c12-9-3-4-10(11(7-9)14(15)16)13-6-5-8-1-2-8/h3-4,7-8,13H,1-2,5-6H2. The molecule has 0 bridgehead atoms. The Bertz CT molecular complexity index is 405. The van der Waals surface area contributed by atoms with Crippen LogP contribution in [0.4, 0.5) is 11.4 Å². The fourth-order valence-electron chi connectivity index (χ4n) is 1.62. The molecule has 1 aliphatic carbocycles. The minimum atomic E-state index is -0.411. The van der Waals surface area contributed by atoms with Crippen LogP contribution in [0.1, 0.15) is 19.3 Å². The third-order valence-electron chi connectivity index (χ3n) is 2.72. The molecule has 16 heavy (non-hydrogen) atoms. The Labute approximate surface area is 98.8 Å². The normalized spacial score (nSPS) is 14.8. The molecule has 0 saturated heterocycles. The Morgan fingerprint density at radius 3 is 2.88 bits per heavy atom. The Kier molecular flexibility index (Phi) is 3.29. The smallest absolute Gasteiger partial charge is 0.293 e. The fraction of sp³-hybridized carbons (Fsp3) is 0.455. The Morgan fingerprint density at radius 2 is 2.25 bits per heavy atom. The van der Waals surface area contributed by atoms with Crippen molar-refractivity contribution < 1.29 is 4.92 Å². The summed E-state index contributed by atoms with van der Waals surface area (Å²) in [4.78, 5) is 10.4. The van der Waals surface area contributed by atoms with E-state index >= 15 is 0 Å². The highest BCUT2D eigenvalue weighted by molar-refractivity contribution is 6.30. The molecule has 1 fully saturated rings. The van der Waals surface area contributed by atoms with Gasteiger partial charge in [-0.25, -0.2) is 0 Å². The molecule has 4 nitrogen and oxygen atoms in total. The van der Waals surface area contributed by atoms with Gasteiger partial charge < -0.3 is 5.32 Å². The molecule has 0 heterocycles. The number of benzene rings is 1. The van der Waals surface area contributed by atoms with Crippen molar-refractivity contribution in [3.63, 3.8) is 0 Å². The van der Waals surface area contributed by atoms with Gasteiger partial charge in [-0.2, -0.15) is 0 Å². The van der Waals surface area contributed by atoms with Crippen molar-refractivity contribution in [1.29, 1.82) is 0 Å². The SMILES string of the molecule is O=[N+]([O-])c1cc(Cl)ccc1NCCC1CC1. The number of hydrogen-bond acceptors (Lipinski definition) is 3. The second-order valence-corrected chi connectivity index (χ2v) is 4.51. The number of halogens is 1. The first-order valence-corrected chi connectivity index (χ1v) is 5.72. The molecule has 1 aromatic rings. The van der Waals surface area contributed by atoms with Crippen LogP contribution in [0.2, 0.25) is 5.02 Å². The lowest BCUT2D eigenvalue weighted by Gasteiger charge is -2.06. The summed E-state index contributed by atoms with van der Waals surface area (Å²) in [5.41, 5.74) is 0.596. The molecule has 0 atom stereocenters. The van der Waals surface area contributed by atoms with Gasteiger partial charge in [-0.05, 0) is 24.5 Å². The number of nitrogens with one attached hydrogen (secondary N) is 1. The summed E-state index contributed by atoms with van der Waals surface area (Å²) in [6, 6.07) is 4.70. The van der Waals surface area contributed by atoms with Crippen LogP contribution < -0.4 is 5.32 Å². The second kappa shape index (κ2) is 4.70. The lowest BCUT2D eigenvalue weighted by Crippen LogP contribution is -2.04. The van der Waals surface area contributed by atoms with E-state index in [2.05, 4.69) is 5.32 Å². The molecule has 1 saturated carbocycles. The van der Waals surface area contributed by atoms with Gasteiger partial charge in [-0.15, -0.1) is 0 Å². The lowest BCUT2D eigenvalue weighted by molar-refractivity contribution is -0.383. The monoisotopic (exact) mass is 240 g/mol. The van der Waals surface area contributed by atoms with Crippen LogP contribution >= 0.6 is 11.6 Å². The Balaban J connectivity index is 2.02. The van der Waals surface area contributed by atoms with Crippen molar-refractivity contribution in [2.45, 2.75) is 19.3 Å². The first-order chi connectivity index (χ1) is 7.66. The van der Waals surface area contributed by atoms with Gasteiger partial charge in [0.25, 0.3) is 5.69 Å². The lowest BCUT2D eigenvalue weighted by atomic mass is 10.2. The summed E-state index contributed by atoms with van der Waals surface area (Å²) < 4.78 is 0. The summed E-state index contributed by atoms with van der Waals surface area (Å²) in [6.45, 7) is 0.785. The van der Waals surface area contributed by atoms with E-state index in [1.165, 1.54) is 18.9 Å². The first-order valence-electron chi connectivity index (χ1n) is 5.34. The second-order valence-electron chi connectivity index (χ2n) is 4.08. The van der Waals surface area contributed by atoms with Crippen molar-refractivity contribution in [1.82, 2.24) is 0 Å². The number of nitro benzene ring substituents is 1. The van der Waals surface area contributed by atoms with Crippen molar-refractivity contribution >= 4 is 23.0 Å². The van der Waals surface area contributed by atoms with Gasteiger partial charge in [0.2, 0.25) is 0 Å². The van der Waals surface area contributed by atoms with E-state index in [0.717, 1.165) is 18.9 Å². The maximum atomic E-state index is 10.8. The predicted octanol–water partition coefficient (Wildman–Crippen LogP) is 3.46. The van der Waals surface area contributed by atoms with Crippen LogP contribution in [0.25, 0.3) is 0 Å². The van der Waals surface area contributed by atoms with Crippen LogP contribution in [0.5, 0.6) is 0 Å². The molecule has 0 unspecified atom stereocenters. The Hall–Kier alpha value is -1.29. The van der Waals surface area contributed by atoms with E-state index in [4.69, 9.17) is 11.6 Å². The average Bonchev–Trinajstić information content (AvgIpc) is 3.04. The van der Waals surface area contributed by atoms with Crippen LogP contribution in [0, 0.1) is 16.0 Å². The van der Waals surface area contributed by atoms with Crippen LogP contribution in [-0.2, 0) is 0 Å². The number of hydrogen-bond donors (Lipinski definition) is 1. The number of nitro groups is 1. The summed E-state index contributed by atoms with van der Waals surface area (Å²) in [5, 5.41) is 14.3. The first kappa shape index (κ1) is 11.2. The van der Waals surface area contributed by atoms with Gasteiger partial charge in [0.15, 0.2) is 0 Å². The number of rotatable bonds is 5. The Morgan fingerprint density at radius 1 is 1.50 bits per heavy atom. The van der Waals surface area contributed by atoms with Gasteiger partial charge in [-0.3, -0.25) is 10.1 Å². The number of nitrogens with zero attached hydrogens (tertiary/aromatic N) is 1. The fourth-order valence-corrected chi connectivity index (χ4v) is 1.79. The maximum Gasteiger partial charge on any atom is 0.293 e. The summed E-state index contributed by atoms with van der Waals surface area (Å²) in [6.07, 6.45) is 3.68. The van der Waals surface area contributed by atoms with Crippen molar-refractivity contribution in [2.75, 3.05) is 11.9 Å². The van der Waals surface area contributed by atoms with E-state index in [0.29, 0.717) is 10.7 Å². The van der Waals surface area contributed by atoms with Crippen molar-refractivity contribution in [3.8, 4) is 0 Å². The molecule has 0 aliphatic heterocycles. The van der Waals surface area contributed by atoms with Crippen LogP contribution in [-0.4, -0.2) is 11.5 Å². The van der Waals surface area contributed by atoms with Crippen LogP contribution in [0.15, 0.2) is 18.2 Å². The van der Waals surface area contributed by atoms with Crippen molar-refractivity contribution in [2.24, 2.45) is 5.92 Å².